The third kappa shape index (κ3) is 4.29. The molecule has 0 atom stereocenters. The molecule has 3 heterocycles. The van der Waals surface area contributed by atoms with Gasteiger partial charge in [-0.05, 0) is 89.6 Å². The van der Waals surface area contributed by atoms with Crippen LogP contribution in [0.4, 0.5) is 11.4 Å². The Bertz CT molecular complexity index is 1490. The molecule has 0 radical (unpaired) electrons. The van der Waals surface area contributed by atoms with Crippen LogP contribution < -0.4 is 4.90 Å². The van der Waals surface area contributed by atoms with E-state index in [4.69, 9.17) is 0 Å². The van der Waals surface area contributed by atoms with Gasteiger partial charge in [0.05, 0.1) is 5.41 Å². The molecule has 0 fully saturated rings. The number of anilines is 1. The minimum Gasteiger partial charge on any atom is -0.371 e. The highest BCUT2D eigenvalue weighted by molar-refractivity contribution is 6.03. The van der Waals surface area contributed by atoms with Gasteiger partial charge in [-0.15, -0.1) is 0 Å². The second-order valence-electron chi connectivity index (χ2n) is 13.6. The maximum Gasteiger partial charge on any atom is 0.209 e. The van der Waals surface area contributed by atoms with Crippen molar-refractivity contribution in [1.82, 2.24) is 0 Å². The van der Waals surface area contributed by atoms with Gasteiger partial charge in [-0.25, -0.2) is 0 Å². The minimum atomic E-state index is -0.0628. The van der Waals surface area contributed by atoms with Gasteiger partial charge in [0.2, 0.25) is 5.69 Å². The molecule has 39 heavy (non-hydrogen) atoms. The van der Waals surface area contributed by atoms with Gasteiger partial charge in [-0.2, -0.15) is 4.58 Å². The zero-order valence-electron chi connectivity index (χ0n) is 24.8. The molecule has 0 amide bonds. The Balaban J connectivity index is 1.30. The molecule has 0 unspecified atom stereocenters. The quantitative estimate of drug-likeness (QED) is 0.249. The molecule has 0 N–H and O–H groups in total. The van der Waals surface area contributed by atoms with E-state index in [1.165, 1.54) is 76.4 Å². The summed E-state index contributed by atoms with van der Waals surface area (Å²) in [6.45, 7) is 16.7. The Hall–Kier alpha value is -3.39. The molecule has 0 spiro atoms. The first kappa shape index (κ1) is 25.9. The van der Waals surface area contributed by atoms with Crippen molar-refractivity contribution in [3.8, 4) is 11.1 Å². The fourth-order valence-electron chi connectivity index (χ4n) is 7.02. The van der Waals surface area contributed by atoms with Gasteiger partial charge in [0.1, 0.15) is 7.05 Å². The molecule has 3 aromatic carbocycles. The molecule has 2 heteroatoms. The van der Waals surface area contributed by atoms with Gasteiger partial charge in [-0.1, -0.05) is 76.3 Å². The highest BCUT2D eigenvalue weighted by Crippen LogP contribution is 2.49. The molecule has 200 valence electrons. The molecule has 0 aromatic heterocycles. The second kappa shape index (κ2) is 9.08. The average Bonchev–Trinajstić information content (AvgIpc) is 3.10. The summed E-state index contributed by atoms with van der Waals surface area (Å²) in [5.74, 6) is 0. The van der Waals surface area contributed by atoms with E-state index < -0.39 is 0 Å². The van der Waals surface area contributed by atoms with Gasteiger partial charge in [0.15, 0.2) is 5.71 Å². The van der Waals surface area contributed by atoms with Crippen molar-refractivity contribution in [3.05, 3.63) is 101 Å². The number of hydrogen-bond donors (Lipinski definition) is 0. The molecule has 0 saturated carbocycles. The number of nitrogens with zero attached hydrogens (tertiary/aromatic N) is 2. The number of rotatable bonds is 4. The number of fused-ring (bicyclic) bond motifs is 1. The van der Waals surface area contributed by atoms with Crippen molar-refractivity contribution in [2.24, 2.45) is 0 Å². The first-order valence-electron chi connectivity index (χ1n) is 14.6. The van der Waals surface area contributed by atoms with Crippen molar-refractivity contribution in [2.45, 2.75) is 70.6 Å². The molecule has 3 aromatic rings. The summed E-state index contributed by atoms with van der Waals surface area (Å²) in [7, 11) is 2.20. The van der Waals surface area contributed by atoms with Crippen LogP contribution in [0.2, 0.25) is 0 Å². The fourth-order valence-corrected chi connectivity index (χ4v) is 7.02. The Morgan fingerprint density at radius 2 is 1.31 bits per heavy atom. The van der Waals surface area contributed by atoms with Crippen molar-refractivity contribution in [2.75, 3.05) is 25.0 Å². The van der Waals surface area contributed by atoms with Gasteiger partial charge >= 0.3 is 0 Å². The first-order valence-corrected chi connectivity index (χ1v) is 14.6. The van der Waals surface area contributed by atoms with Crippen molar-refractivity contribution in [1.29, 1.82) is 0 Å². The van der Waals surface area contributed by atoms with E-state index in [-0.39, 0.29) is 16.2 Å². The maximum atomic E-state index is 2.64. The van der Waals surface area contributed by atoms with E-state index in [1.54, 1.807) is 0 Å². The van der Waals surface area contributed by atoms with Gasteiger partial charge < -0.3 is 4.90 Å². The highest BCUT2D eigenvalue weighted by atomic mass is 15.2. The van der Waals surface area contributed by atoms with E-state index >= 15 is 0 Å². The molecular weight excluding hydrogens is 472 g/mol. The highest BCUT2D eigenvalue weighted by Gasteiger charge is 2.43. The standard InChI is InChI=1S/C37H43N2/c1-35(2)19-21-39-22-20-36(3,4)31-24-26(23-30(35)34(31)39)13-11-12-16-33-37(5,6)29-25-28(17-18-32(29)38(33)7)27-14-9-8-10-15-27/h8-18,23-25H,19-22H2,1-7H3/q+1. The van der Waals surface area contributed by atoms with E-state index in [2.05, 4.69) is 143 Å². The van der Waals surface area contributed by atoms with Crippen LogP contribution in [0.15, 0.2) is 78.9 Å². The Labute approximate surface area is 235 Å². The fraction of sp³-hybridized carbons (Fsp3) is 0.378. The summed E-state index contributed by atoms with van der Waals surface area (Å²) in [4.78, 5) is 2.64. The lowest BCUT2D eigenvalue weighted by Crippen LogP contribution is -2.44. The molecular formula is C37H43N2+. The van der Waals surface area contributed by atoms with Crippen LogP contribution in [0, 0.1) is 0 Å². The number of benzene rings is 3. The Morgan fingerprint density at radius 3 is 1.95 bits per heavy atom. The molecule has 0 bridgehead atoms. The lowest BCUT2D eigenvalue weighted by molar-refractivity contribution is -0.401. The van der Waals surface area contributed by atoms with Crippen molar-refractivity contribution < 1.29 is 4.58 Å². The zero-order valence-corrected chi connectivity index (χ0v) is 24.8. The number of allylic oxidation sites excluding steroid dienone is 3. The van der Waals surface area contributed by atoms with Gasteiger partial charge in [0.25, 0.3) is 0 Å². The Morgan fingerprint density at radius 1 is 0.692 bits per heavy atom. The molecule has 0 saturated heterocycles. The SMILES string of the molecule is C[N+]1=C(C=CC=Cc2cc3c4c(c2)C(C)(C)CCN4CCC3(C)C)C(C)(C)c2cc(-c3ccccc3)ccc21. The monoisotopic (exact) mass is 515 g/mol. The van der Waals surface area contributed by atoms with E-state index in [0.717, 1.165) is 0 Å². The molecule has 3 aliphatic rings. The molecule has 0 aliphatic carbocycles. The van der Waals surface area contributed by atoms with E-state index in [9.17, 15) is 0 Å². The first-order chi connectivity index (χ1) is 18.5. The summed E-state index contributed by atoms with van der Waals surface area (Å²) >= 11 is 0. The summed E-state index contributed by atoms with van der Waals surface area (Å²) in [5.41, 5.74) is 12.8. The van der Waals surface area contributed by atoms with E-state index in [1.807, 2.05) is 0 Å². The lowest BCUT2D eigenvalue weighted by atomic mass is 9.69. The second-order valence-corrected chi connectivity index (χ2v) is 13.6. The summed E-state index contributed by atoms with van der Waals surface area (Å²) in [6, 6.07) is 22.5. The van der Waals surface area contributed by atoms with E-state index in [0.29, 0.717) is 0 Å². The zero-order chi connectivity index (χ0) is 27.6. The van der Waals surface area contributed by atoms with Crippen LogP contribution >= 0.6 is 0 Å². The van der Waals surface area contributed by atoms with Crippen LogP contribution in [0.3, 0.4) is 0 Å². The third-order valence-electron chi connectivity index (χ3n) is 9.71. The van der Waals surface area contributed by atoms with Crippen LogP contribution in [0.5, 0.6) is 0 Å². The lowest BCUT2D eigenvalue weighted by Gasteiger charge is -2.48. The van der Waals surface area contributed by atoms with Gasteiger partial charge in [-0.3, -0.25) is 0 Å². The largest absolute Gasteiger partial charge is 0.371 e. The average molecular weight is 516 g/mol. The molecule has 3 aliphatic heterocycles. The summed E-state index contributed by atoms with van der Waals surface area (Å²) in [6.07, 6.45) is 11.5. The van der Waals surface area contributed by atoms with Crippen LogP contribution in [0.1, 0.15) is 76.6 Å². The summed E-state index contributed by atoms with van der Waals surface area (Å²) < 4.78 is 2.36. The van der Waals surface area contributed by atoms with Crippen molar-refractivity contribution in [3.63, 3.8) is 0 Å². The summed E-state index contributed by atoms with van der Waals surface area (Å²) in [5, 5.41) is 0. The number of hydrogen-bond acceptors (Lipinski definition) is 1. The van der Waals surface area contributed by atoms with Crippen LogP contribution in [-0.2, 0) is 16.2 Å². The molecule has 2 nitrogen and oxygen atoms in total. The topological polar surface area (TPSA) is 6.25 Å². The maximum absolute atomic E-state index is 2.64. The predicted molar refractivity (Wildman–Crippen MR) is 168 cm³/mol. The van der Waals surface area contributed by atoms with Crippen LogP contribution in [-0.4, -0.2) is 30.4 Å². The molecule has 6 rings (SSSR count). The minimum absolute atomic E-state index is 0.0628. The van der Waals surface area contributed by atoms with Crippen LogP contribution in [0.25, 0.3) is 17.2 Å². The van der Waals surface area contributed by atoms with Crippen molar-refractivity contribution >= 4 is 23.2 Å². The predicted octanol–water partition coefficient (Wildman–Crippen LogP) is 8.80. The smallest absolute Gasteiger partial charge is 0.209 e. The normalized spacial score (nSPS) is 20.5. The Kier molecular flexibility index (Phi) is 6.02. The van der Waals surface area contributed by atoms with Gasteiger partial charge in [0, 0.05) is 36.5 Å². The third-order valence-corrected chi connectivity index (χ3v) is 9.71.